The highest BCUT2D eigenvalue weighted by atomic mass is 35.5. The molecule has 3 rings (SSSR count). The standard InChI is InChI=1S/C13H8Cl3N3O2S/c14-6-4-9(20)12-10(5-6)22(21)19-13(18-12)17-8-3-1-2-7(15)11(8)16/h1-5,20H,(H2,17,18,19). The summed E-state index contributed by atoms with van der Waals surface area (Å²) in [5.74, 6) is 0.0508. The number of nitrogens with one attached hydrogen (secondary N) is 2. The van der Waals surface area contributed by atoms with E-state index in [0.29, 0.717) is 20.6 Å². The van der Waals surface area contributed by atoms with Gasteiger partial charge in [-0.15, -0.1) is 4.40 Å². The van der Waals surface area contributed by atoms with Crippen LogP contribution < -0.4 is 10.6 Å². The molecule has 9 heteroatoms. The molecule has 0 amide bonds. The highest BCUT2D eigenvalue weighted by molar-refractivity contribution is 7.84. The molecule has 1 heterocycles. The van der Waals surface area contributed by atoms with Gasteiger partial charge < -0.3 is 15.7 Å². The van der Waals surface area contributed by atoms with Gasteiger partial charge in [0.25, 0.3) is 0 Å². The average molecular weight is 377 g/mol. The van der Waals surface area contributed by atoms with Gasteiger partial charge in [-0.3, -0.25) is 0 Å². The molecule has 0 fully saturated rings. The van der Waals surface area contributed by atoms with Gasteiger partial charge in [-0.2, -0.15) is 0 Å². The Balaban J connectivity index is 1.95. The molecule has 1 unspecified atom stereocenters. The molecule has 5 nitrogen and oxygen atoms in total. The summed E-state index contributed by atoms with van der Waals surface area (Å²) in [6, 6.07) is 7.87. The fourth-order valence-corrected chi connectivity index (χ4v) is 3.43. The molecule has 22 heavy (non-hydrogen) atoms. The third-order valence-corrected chi connectivity index (χ3v) is 4.94. The number of guanidine groups is 1. The van der Waals surface area contributed by atoms with Crippen LogP contribution in [0.15, 0.2) is 39.6 Å². The predicted molar refractivity (Wildman–Crippen MR) is 90.7 cm³/mol. The number of nitrogens with zero attached hydrogens (tertiary/aromatic N) is 1. The lowest BCUT2D eigenvalue weighted by molar-refractivity contribution is 0.476. The topological polar surface area (TPSA) is 73.7 Å². The minimum absolute atomic E-state index is 0.123. The van der Waals surface area contributed by atoms with E-state index in [1.807, 2.05) is 0 Å². The van der Waals surface area contributed by atoms with Gasteiger partial charge in [-0.25, -0.2) is 4.21 Å². The summed E-state index contributed by atoms with van der Waals surface area (Å²) in [6.07, 6.45) is 0. The van der Waals surface area contributed by atoms with Crippen LogP contribution in [0.1, 0.15) is 0 Å². The maximum absolute atomic E-state index is 12.2. The number of phenolic OH excluding ortho intramolecular Hbond substituents is 1. The number of aromatic hydroxyl groups is 1. The molecule has 0 saturated carbocycles. The van der Waals surface area contributed by atoms with Crippen LogP contribution in [0.5, 0.6) is 5.75 Å². The minimum Gasteiger partial charge on any atom is -0.506 e. The van der Waals surface area contributed by atoms with Crippen molar-refractivity contribution in [3.8, 4) is 5.75 Å². The highest BCUT2D eigenvalue weighted by Crippen LogP contribution is 2.36. The van der Waals surface area contributed by atoms with Crippen LogP contribution in [-0.4, -0.2) is 15.3 Å². The second kappa shape index (κ2) is 5.96. The van der Waals surface area contributed by atoms with E-state index >= 15 is 0 Å². The molecule has 2 aromatic rings. The van der Waals surface area contributed by atoms with Crippen LogP contribution in [0, 0.1) is 0 Å². The van der Waals surface area contributed by atoms with Gasteiger partial charge in [0.1, 0.15) is 11.4 Å². The molecule has 0 aromatic heterocycles. The normalized spacial score (nSPS) is 16.5. The molecule has 0 bridgehead atoms. The first-order chi connectivity index (χ1) is 10.5. The largest absolute Gasteiger partial charge is 0.506 e. The number of halogens is 3. The van der Waals surface area contributed by atoms with Crippen molar-refractivity contribution in [2.45, 2.75) is 4.90 Å². The second-order valence-corrected chi connectivity index (χ2v) is 6.68. The fraction of sp³-hybridized carbons (Fsp3) is 0. The van der Waals surface area contributed by atoms with Crippen LogP contribution in [0.3, 0.4) is 0 Å². The smallest absolute Gasteiger partial charge is 0.215 e. The minimum atomic E-state index is -1.71. The fourth-order valence-electron chi connectivity index (χ4n) is 1.89. The second-order valence-electron chi connectivity index (χ2n) is 4.34. The van der Waals surface area contributed by atoms with Crippen molar-refractivity contribution in [3.63, 3.8) is 0 Å². The SMILES string of the molecule is O=S1N=C(Nc2cccc(Cl)c2Cl)Nc2c(O)cc(Cl)cc21. The summed E-state index contributed by atoms with van der Waals surface area (Å²) in [6.45, 7) is 0. The zero-order valence-electron chi connectivity index (χ0n) is 10.7. The molecule has 0 spiro atoms. The lowest BCUT2D eigenvalue weighted by Crippen LogP contribution is -2.26. The first kappa shape index (κ1) is 15.4. The summed E-state index contributed by atoms with van der Waals surface area (Å²) >= 11 is 17.9. The maximum atomic E-state index is 12.2. The zero-order valence-corrected chi connectivity index (χ0v) is 13.8. The van der Waals surface area contributed by atoms with Crippen LogP contribution in [-0.2, 0) is 11.0 Å². The van der Waals surface area contributed by atoms with Gasteiger partial charge in [0.15, 0.2) is 11.0 Å². The van der Waals surface area contributed by atoms with Crippen LogP contribution >= 0.6 is 34.8 Å². The number of rotatable bonds is 1. The first-order valence-electron chi connectivity index (χ1n) is 5.97. The van der Waals surface area contributed by atoms with Crippen molar-refractivity contribution in [3.05, 3.63) is 45.4 Å². The summed E-state index contributed by atoms with van der Waals surface area (Å²) < 4.78 is 16.1. The van der Waals surface area contributed by atoms with Crippen LogP contribution in [0.4, 0.5) is 11.4 Å². The number of fused-ring (bicyclic) bond motifs is 1. The molecule has 0 aliphatic carbocycles. The third kappa shape index (κ3) is 2.87. The Morgan fingerprint density at radius 1 is 1.23 bits per heavy atom. The lowest BCUT2D eigenvalue weighted by atomic mass is 10.3. The first-order valence-corrected chi connectivity index (χ1v) is 8.21. The molecule has 2 aromatic carbocycles. The van der Waals surface area contributed by atoms with E-state index in [0.717, 1.165) is 0 Å². The van der Waals surface area contributed by atoms with Crippen molar-refractivity contribution in [1.29, 1.82) is 0 Å². The van der Waals surface area contributed by atoms with Crippen molar-refractivity contribution in [2.24, 2.45) is 4.40 Å². The summed E-state index contributed by atoms with van der Waals surface area (Å²) in [5.41, 5.74) is 0.771. The van der Waals surface area contributed by atoms with Crippen LogP contribution in [0.2, 0.25) is 15.1 Å². The van der Waals surface area contributed by atoms with E-state index in [1.165, 1.54) is 12.1 Å². The van der Waals surface area contributed by atoms with Gasteiger partial charge in [0, 0.05) is 11.1 Å². The van der Waals surface area contributed by atoms with E-state index in [2.05, 4.69) is 15.0 Å². The molecule has 0 saturated heterocycles. The Labute approximate surface area is 143 Å². The Bertz CT molecular complexity index is 826. The van der Waals surface area contributed by atoms with Crippen molar-refractivity contribution in [2.75, 3.05) is 10.6 Å². The number of hydrogen-bond acceptors (Lipinski definition) is 4. The van der Waals surface area contributed by atoms with Gasteiger partial charge in [-0.05, 0) is 18.2 Å². The number of benzene rings is 2. The molecule has 1 aliphatic rings. The van der Waals surface area contributed by atoms with E-state index in [9.17, 15) is 9.32 Å². The lowest BCUT2D eigenvalue weighted by Gasteiger charge is -2.20. The molecule has 0 radical (unpaired) electrons. The van der Waals surface area contributed by atoms with Crippen molar-refractivity contribution in [1.82, 2.24) is 0 Å². The average Bonchev–Trinajstić information content (AvgIpc) is 2.45. The van der Waals surface area contributed by atoms with E-state index in [1.54, 1.807) is 18.2 Å². The van der Waals surface area contributed by atoms with Crippen molar-refractivity contribution >= 4 is 63.1 Å². The Morgan fingerprint density at radius 2 is 2.00 bits per heavy atom. The molecular weight excluding hydrogens is 369 g/mol. The number of hydrogen-bond donors (Lipinski definition) is 3. The summed E-state index contributed by atoms with van der Waals surface area (Å²) in [4.78, 5) is 0.299. The molecular formula is C13H8Cl3N3O2S. The maximum Gasteiger partial charge on any atom is 0.215 e. The van der Waals surface area contributed by atoms with Gasteiger partial charge in [-0.1, -0.05) is 40.9 Å². The summed E-state index contributed by atoms with van der Waals surface area (Å²) in [5, 5.41) is 16.6. The van der Waals surface area contributed by atoms with E-state index < -0.39 is 11.0 Å². The summed E-state index contributed by atoms with van der Waals surface area (Å²) in [7, 11) is -1.71. The van der Waals surface area contributed by atoms with Crippen molar-refractivity contribution < 1.29 is 9.32 Å². The Kier molecular flexibility index (Phi) is 4.18. The molecule has 3 N–H and O–H groups in total. The van der Waals surface area contributed by atoms with E-state index in [4.69, 9.17) is 34.8 Å². The van der Waals surface area contributed by atoms with Gasteiger partial charge in [0.2, 0.25) is 5.96 Å². The van der Waals surface area contributed by atoms with E-state index in [-0.39, 0.29) is 22.4 Å². The molecule has 114 valence electrons. The quantitative estimate of drug-likeness (QED) is 0.650. The monoisotopic (exact) mass is 375 g/mol. The molecule has 1 atom stereocenters. The number of phenols is 1. The highest BCUT2D eigenvalue weighted by Gasteiger charge is 2.22. The Hall–Kier alpha value is -1.47. The predicted octanol–water partition coefficient (Wildman–Crippen LogP) is 4.27. The van der Waals surface area contributed by atoms with Gasteiger partial charge in [0.05, 0.1) is 20.6 Å². The van der Waals surface area contributed by atoms with Crippen LogP contribution in [0.25, 0.3) is 0 Å². The Morgan fingerprint density at radius 3 is 2.77 bits per heavy atom. The van der Waals surface area contributed by atoms with Gasteiger partial charge >= 0.3 is 0 Å². The zero-order chi connectivity index (χ0) is 15.9. The molecule has 1 aliphatic heterocycles. The number of anilines is 2. The third-order valence-electron chi connectivity index (χ3n) is 2.86.